The Morgan fingerprint density at radius 2 is 1.81 bits per heavy atom. The van der Waals surface area contributed by atoms with Crippen LogP contribution >= 0.6 is 0 Å². The summed E-state index contributed by atoms with van der Waals surface area (Å²) in [6, 6.07) is 15.5. The molecule has 0 spiro atoms. The van der Waals surface area contributed by atoms with Crippen molar-refractivity contribution >= 4 is 5.91 Å². The molecule has 6 nitrogen and oxygen atoms in total. The molecule has 31 heavy (non-hydrogen) atoms. The molecule has 1 fully saturated rings. The largest absolute Gasteiger partial charge is 0.497 e. The van der Waals surface area contributed by atoms with Gasteiger partial charge < -0.3 is 14.4 Å². The van der Waals surface area contributed by atoms with E-state index in [0.717, 1.165) is 53.4 Å². The second kappa shape index (κ2) is 9.60. The van der Waals surface area contributed by atoms with Gasteiger partial charge in [0, 0.05) is 37.0 Å². The van der Waals surface area contributed by atoms with Gasteiger partial charge in [-0.25, -0.2) is 0 Å². The third kappa shape index (κ3) is 4.68. The standard InChI is InChI=1S/C25H27N3O3/c1-30-20-11-9-18(10-12-20)16-23(29)28-15-5-6-19(17-28)24-25(27-14-13-26-24)21-7-3-4-8-22(21)31-2/h3-4,7-14,19H,5-6,15-17H2,1-2H3/t19-/m1/s1. The van der Waals surface area contributed by atoms with Gasteiger partial charge in [0.15, 0.2) is 0 Å². The summed E-state index contributed by atoms with van der Waals surface area (Å²) in [6.07, 6.45) is 5.75. The van der Waals surface area contributed by atoms with Gasteiger partial charge in [-0.1, -0.05) is 24.3 Å². The monoisotopic (exact) mass is 417 g/mol. The zero-order valence-electron chi connectivity index (χ0n) is 18.0. The number of methoxy groups -OCH3 is 2. The number of amides is 1. The van der Waals surface area contributed by atoms with Gasteiger partial charge in [0.05, 0.1) is 32.0 Å². The Kier molecular flexibility index (Phi) is 6.46. The molecule has 1 aromatic heterocycles. The topological polar surface area (TPSA) is 64.5 Å². The summed E-state index contributed by atoms with van der Waals surface area (Å²) < 4.78 is 10.7. The third-order valence-electron chi connectivity index (χ3n) is 5.76. The highest BCUT2D eigenvalue weighted by atomic mass is 16.5. The van der Waals surface area contributed by atoms with Crippen molar-refractivity contribution in [2.24, 2.45) is 0 Å². The third-order valence-corrected chi connectivity index (χ3v) is 5.76. The molecule has 1 aliphatic heterocycles. The van der Waals surface area contributed by atoms with E-state index in [9.17, 15) is 4.79 Å². The van der Waals surface area contributed by atoms with Gasteiger partial charge in [-0.2, -0.15) is 0 Å². The van der Waals surface area contributed by atoms with E-state index in [1.807, 2.05) is 53.4 Å². The molecule has 160 valence electrons. The number of piperidine rings is 1. The van der Waals surface area contributed by atoms with Crippen LogP contribution in [-0.4, -0.2) is 48.1 Å². The van der Waals surface area contributed by atoms with Crippen molar-refractivity contribution in [1.29, 1.82) is 0 Å². The maximum atomic E-state index is 13.0. The fourth-order valence-corrected chi connectivity index (χ4v) is 4.15. The van der Waals surface area contributed by atoms with Gasteiger partial charge in [-0.05, 0) is 42.7 Å². The predicted octanol–water partition coefficient (Wildman–Crippen LogP) is 4.11. The van der Waals surface area contributed by atoms with Crippen LogP contribution in [0.5, 0.6) is 11.5 Å². The van der Waals surface area contributed by atoms with Crippen LogP contribution in [0.3, 0.4) is 0 Å². The highest BCUT2D eigenvalue weighted by Crippen LogP contribution is 2.35. The molecule has 0 aliphatic carbocycles. The van der Waals surface area contributed by atoms with Crippen LogP contribution < -0.4 is 9.47 Å². The van der Waals surface area contributed by atoms with E-state index in [0.29, 0.717) is 13.0 Å². The van der Waals surface area contributed by atoms with E-state index in [1.165, 1.54) is 0 Å². The van der Waals surface area contributed by atoms with E-state index >= 15 is 0 Å². The summed E-state index contributed by atoms with van der Waals surface area (Å²) in [4.78, 5) is 24.3. The van der Waals surface area contributed by atoms with Gasteiger partial charge in [-0.3, -0.25) is 14.8 Å². The molecule has 0 radical (unpaired) electrons. The molecular formula is C25H27N3O3. The lowest BCUT2D eigenvalue weighted by Gasteiger charge is -2.33. The summed E-state index contributed by atoms with van der Waals surface area (Å²) >= 11 is 0. The summed E-state index contributed by atoms with van der Waals surface area (Å²) in [6.45, 7) is 1.42. The number of ether oxygens (including phenoxy) is 2. The van der Waals surface area contributed by atoms with Gasteiger partial charge in [0.1, 0.15) is 11.5 Å². The molecule has 1 amide bonds. The normalized spacial score (nSPS) is 16.1. The predicted molar refractivity (Wildman–Crippen MR) is 119 cm³/mol. The Balaban J connectivity index is 1.53. The van der Waals surface area contributed by atoms with Crippen LogP contribution in [0.1, 0.15) is 30.0 Å². The van der Waals surface area contributed by atoms with E-state index < -0.39 is 0 Å². The summed E-state index contributed by atoms with van der Waals surface area (Å²) in [5, 5.41) is 0. The van der Waals surface area contributed by atoms with Crippen LogP contribution in [0.4, 0.5) is 0 Å². The molecular weight excluding hydrogens is 390 g/mol. The Morgan fingerprint density at radius 1 is 1.03 bits per heavy atom. The summed E-state index contributed by atoms with van der Waals surface area (Å²) in [7, 11) is 3.30. The van der Waals surface area contributed by atoms with Gasteiger partial charge in [0.2, 0.25) is 5.91 Å². The molecule has 0 unspecified atom stereocenters. The maximum Gasteiger partial charge on any atom is 0.227 e. The number of hydrogen-bond donors (Lipinski definition) is 0. The quantitative estimate of drug-likeness (QED) is 0.604. The number of carbonyl (C=O) groups excluding carboxylic acids is 1. The van der Waals surface area contributed by atoms with Gasteiger partial charge in [-0.15, -0.1) is 0 Å². The van der Waals surface area contributed by atoms with Crippen molar-refractivity contribution in [1.82, 2.24) is 14.9 Å². The van der Waals surface area contributed by atoms with Crippen LogP contribution in [0, 0.1) is 0 Å². The van der Waals surface area contributed by atoms with Crippen molar-refractivity contribution < 1.29 is 14.3 Å². The smallest absolute Gasteiger partial charge is 0.227 e. The lowest BCUT2D eigenvalue weighted by atomic mass is 9.91. The van der Waals surface area contributed by atoms with E-state index in [2.05, 4.69) is 9.97 Å². The minimum Gasteiger partial charge on any atom is -0.497 e. The Hall–Kier alpha value is -3.41. The number of hydrogen-bond acceptors (Lipinski definition) is 5. The Morgan fingerprint density at radius 3 is 2.58 bits per heavy atom. The molecule has 0 saturated carbocycles. The van der Waals surface area contributed by atoms with Crippen molar-refractivity contribution in [3.05, 3.63) is 72.2 Å². The highest BCUT2D eigenvalue weighted by Gasteiger charge is 2.28. The molecule has 1 aliphatic rings. The van der Waals surface area contributed by atoms with E-state index in [4.69, 9.17) is 9.47 Å². The van der Waals surface area contributed by atoms with Crippen molar-refractivity contribution in [3.63, 3.8) is 0 Å². The van der Waals surface area contributed by atoms with Crippen LogP contribution in [0.2, 0.25) is 0 Å². The van der Waals surface area contributed by atoms with Crippen molar-refractivity contribution in [2.75, 3.05) is 27.3 Å². The lowest BCUT2D eigenvalue weighted by Crippen LogP contribution is -2.40. The fourth-order valence-electron chi connectivity index (χ4n) is 4.15. The Labute approximate surface area is 182 Å². The minimum atomic E-state index is 0.137. The number of rotatable bonds is 6. The first-order chi connectivity index (χ1) is 15.2. The van der Waals surface area contributed by atoms with Gasteiger partial charge in [0.25, 0.3) is 0 Å². The van der Waals surface area contributed by atoms with Crippen molar-refractivity contribution in [2.45, 2.75) is 25.2 Å². The molecule has 1 saturated heterocycles. The minimum absolute atomic E-state index is 0.137. The number of para-hydroxylation sites is 1. The zero-order chi connectivity index (χ0) is 21.6. The van der Waals surface area contributed by atoms with Crippen molar-refractivity contribution in [3.8, 4) is 22.8 Å². The first kappa shape index (κ1) is 20.8. The number of aromatic nitrogens is 2. The Bertz CT molecular complexity index is 1040. The number of carbonyl (C=O) groups is 1. The second-order valence-corrected chi connectivity index (χ2v) is 7.69. The first-order valence-electron chi connectivity index (χ1n) is 10.5. The van der Waals surface area contributed by atoms with E-state index in [-0.39, 0.29) is 11.8 Å². The zero-order valence-corrected chi connectivity index (χ0v) is 18.0. The summed E-state index contributed by atoms with van der Waals surface area (Å²) in [5.41, 5.74) is 3.67. The fraction of sp³-hybridized carbons (Fsp3) is 0.320. The molecule has 6 heteroatoms. The average Bonchev–Trinajstić information content (AvgIpc) is 2.84. The average molecular weight is 418 g/mol. The SMILES string of the molecule is COc1ccc(CC(=O)N2CCC[C@@H](c3nccnc3-c3ccccc3OC)C2)cc1. The number of likely N-dealkylation sites (tertiary alicyclic amines) is 1. The van der Waals surface area contributed by atoms with Crippen LogP contribution in [0.15, 0.2) is 60.9 Å². The molecule has 0 N–H and O–H groups in total. The molecule has 2 heterocycles. The van der Waals surface area contributed by atoms with E-state index in [1.54, 1.807) is 26.6 Å². The number of nitrogens with zero attached hydrogens (tertiary/aromatic N) is 3. The molecule has 2 aromatic carbocycles. The maximum absolute atomic E-state index is 13.0. The number of benzene rings is 2. The molecule has 1 atom stereocenters. The molecule has 4 rings (SSSR count). The van der Waals surface area contributed by atoms with Crippen LogP contribution in [-0.2, 0) is 11.2 Å². The lowest BCUT2D eigenvalue weighted by molar-refractivity contribution is -0.131. The second-order valence-electron chi connectivity index (χ2n) is 7.69. The summed E-state index contributed by atoms with van der Waals surface area (Å²) in [5.74, 6) is 1.84. The molecule has 3 aromatic rings. The first-order valence-corrected chi connectivity index (χ1v) is 10.5. The van der Waals surface area contributed by atoms with Gasteiger partial charge >= 0.3 is 0 Å². The van der Waals surface area contributed by atoms with Crippen LogP contribution in [0.25, 0.3) is 11.3 Å². The highest BCUT2D eigenvalue weighted by molar-refractivity contribution is 5.79. The molecule has 0 bridgehead atoms.